The molecule has 5 nitrogen and oxygen atoms in total. The van der Waals surface area contributed by atoms with E-state index >= 15 is 0 Å². The van der Waals surface area contributed by atoms with Crippen molar-refractivity contribution >= 4 is 18.2 Å². The minimum absolute atomic E-state index is 0.198. The van der Waals surface area contributed by atoms with Gasteiger partial charge >= 0.3 is 0 Å². The molecule has 0 aromatic heterocycles. The molecule has 0 atom stereocenters. The lowest BCUT2D eigenvalue weighted by Crippen LogP contribution is -2.30. The van der Waals surface area contributed by atoms with Crippen molar-refractivity contribution in [2.45, 2.75) is 20.8 Å². The molecule has 116 valence electrons. The van der Waals surface area contributed by atoms with Crippen molar-refractivity contribution < 1.29 is 4.79 Å². The Hall–Kier alpha value is -2.40. The van der Waals surface area contributed by atoms with Crippen LogP contribution in [0.2, 0.25) is 0 Å². The summed E-state index contributed by atoms with van der Waals surface area (Å²) in [4.78, 5) is 12.0. The number of rotatable bonds is 5. The van der Waals surface area contributed by atoms with Gasteiger partial charge in [-0.25, -0.2) is 10.9 Å². The first kappa shape index (κ1) is 16.0. The van der Waals surface area contributed by atoms with Gasteiger partial charge in [-0.2, -0.15) is 5.10 Å². The van der Waals surface area contributed by atoms with Gasteiger partial charge in [0.05, 0.1) is 6.21 Å². The highest BCUT2D eigenvalue weighted by Crippen LogP contribution is 2.12. The fourth-order valence-electron chi connectivity index (χ4n) is 2.21. The van der Waals surface area contributed by atoms with E-state index in [-0.39, 0.29) is 5.91 Å². The van der Waals surface area contributed by atoms with Gasteiger partial charge in [-0.15, -0.1) is 0 Å². The van der Waals surface area contributed by atoms with E-state index in [4.69, 9.17) is 0 Å². The second-order valence-electron chi connectivity index (χ2n) is 5.13. The maximum Gasteiger partial charge on any atom is 0.267 e. The molecular formula is C17H22N4O. The lowest BCUT2D eigenvalue weighted by atomic mass is 10.1. The lowest BCUT2D eigenvalue weighted by molar-refractivity contribution is -0.117. The van der Waals surface area contributed by atoms with Crippen LogP contribution < -0.4 is 10.9 Å². The molecular weight excluding hydrogens is 276 g/mol. The Morgan fingerprint density at radius 3 is 2.77 bits per heavy atom. The van der Waals surface area contributed by atoms with Crippen LogP contribution >= 0.6 is 0 Å². The van der Waals surface area contributed by atoms with Crippen molar-refractivity contribution in [3.8, 4) is 0 Å². The van der Waals surface area contributed by atoms with Crippen molar-refractivity contribution in [2.24, 2.45) is 5.10 Å². The first-order valence-corrected chi connectivity index (χ1v) is 7.39. The Kier molecular flexibility index (Phi) is 5.49. The van der Waals surface area contributed by atoms with Crippen LogP contribution in [-0.4, -0.2) is 30.2 Å². The van der Waals surface area contributed by atoms with Gasteiger partial charge in [-0.05, 0) is 32.4 Å². The van der Waals surface area contributed by atoms with Crippen molar-refractivity contribution in [3.63, 3.8) is 0 Å². The molecule has 0 saturated heterocycles. The average molecular weight is 298 g/mol. The second kappa shape index (κ2) is 7.56. The molecule has 2 rings (SSSR count). The largest absolute Gasteiger partial charge is 0.312 e. The van der Waals surface area contributed by atoms with Crippen LogP contribution in [0.15, 0.2) is 52.3 Å². The normalized spacial score (nSPS) is 15.8. The topological polar surface area (TPSA) is 56.7 Å². The molecule has 0 aliphatic carbocycles. The molecule has 0 fully saturated rings. The summed E-state index contributed by atoms with van der Waals surface area (Å²) in [5, 5.41) is 6.10. The summed E-state index contributed by atoms with van der Waals surface area (Å²) in [6.45, 7) is 7.52. The third-order valence-electron chi connectivity index (χ3n) is 3.57. The van der Waals surface area contributed by atoms with Gasteiger partial charge in [0.25, 0.3) is 5.91 Å². The number of hydrogen-bond donors (Lipinski definition) is 2. The highest BCUT2D eigenvalue weighted by molar-refractivity contribution is 5.97. The van der Waals surface area contributed by atoms with Crippen LogP contribution in [0.25, 0.3) is 6.08 Å². The van der Waals surface area contributed by atoms with Gasteiger partial charge in [0, 0.05) is 29.9 Å². The van der Waals surface area contributed by atoms with Gasteiger partial charge in [-0.1, -0.05) is 30.3 Å². The number of allylic oxidation sites excluding steroid dienone is 1. The summed E-state index contributed by atoms with van der Waals surface area (Å²) in [5.41, 5.74) is 9.64. The third-order valence-corrected chi connectivity index (χ3v) is 3.57. The van der Waals surface area contributed by atoms with E-state index in [0.29, 0.717) is 5.57 Å². The number of benzene rings is 1. The summed E-state index contributed by atoms with van der Waals surface area (Å²) < 4.78 is 0. The number of hydrogen-bond acceptors (Lipinski definition) is 4. The molecule has 1 aromatic carbocycles. The zero-order valence-corrected chi connectivity index (χ0v) is 13.3. The molecule has 0 unspecified atom stereocenters. The molecule has 1 amide bonds. The minimum atomic E-state index is -0.198. The number of nitrogens with zero attached hydrogens (tertiary/aromatic N) is 2. The van der Waals surface area contributed by atoms with Gasteiger partial charge in [-0.3, -0.25) is 4.79 Å². The summed E-state index contributed by atoms with van der Waals surface area (Å²) in [6.07, 6.45) is 3.54. The lowest BCUT2D eigenvalue weighted by Gasteiger charge is -2.16. The fraction of sp³-hybridized carbons (Fsp3) is 0.294. The van der Waals surface area contributed by atoms with E-state index in [9.17, 15) is 4.79 Å². The van der Waals surface area contributed by atoms with Crippen molar-refractivity contribution in [1.29, 1.82) is 0 Å². The van der Waals surface area contributed by atoms with Crippen LogP contribution in [0.1, 0.15) is 26.3 Å². The van der Waals surface area contributed by atoms with Crippen LogP contribution in [0.4, 0.5) is 0 Å². The summed E-state index contributed by atoms with van der Waals surface area (Å²) in [6, 6.07) is 9.74. The third kappa shape index (κ3) is 4.05. The van der Waals surface area contributed by atoms with Gasteiger partial charge in [0.15, 0.2) is 0 Å². The molecule has 5 heteroatoms. The zero-order chi connectivity index (χ0) is 15.9. The Labute approximate surface area is 131 Å². The number of carbonyl (C=O) groups is 1. The van der Waals surface area contributed by atoms with Crippen LogP contribution in [0.3, 0.4) is 0 Å². The van der Waals surface area contributed by atoms with Crippen LogP contribution in [0, 0.1) is 0 Å². The number of nitrogens with one attached hydrogen (secondary N) is 2. The van der Waals surface area contributed by atoms with Crippen molar-refractivity contribution in [2.75, 3.05) is 13.1 Å². The number of hydrazine groups is 1. The van der Waals surface area contributed by atoms with E-state index in [1.54, 1.807) is 13.1 Å². The summed E-state index contributed by atoms with van der Waals surface area (Å²) in [5.74, 6) is -0.198. The Bertz CT molecular complexity index is 617. The molecule has 0 bridgehead atoms. The quantitative estimate of drug-likeness (QED) is 0.498. The van der Waals surface area contributed by atoms with Crippen LogP contribution in [0.5, 0.6) is 0 Å². The Morgan fingerprint density at radius 1 is 1.41 bits per heavy atom. The molecule has 0 radical (unpaired) electrons. The smallest absolute Gasteiger partial charge is 0.267 e. The summed E-state index contributed by atoms with van der Waals surface area (Å²) in [7, 11) is 0. The molecule has 22 heavy (non-hydrogen) atoms. The number of hydrazone groups is 1. The maximum atomic E-state index is 12.0. The van der Waals surface area contributed by atoms with Crippen LogP contribution in [-0.2, 0) is 4.79 Å². The van der Waals surface area contributed by atoms with Gasteiger partial charge in [0.1, 0.15) is 0 Å². The summed E-state index contributed by atoms with van der Waals surface area (Å²) >= 11 is 0. The molecule has 0 saturated carbocycles. The SMILES string of the molecule is CCN1NCC(/C=N\NC(=O)/C(C)=C/c2ccccc2)=C1C. The Balaban J connectivity index is 1.94. The predicted molar refractivity (Wildman–Crippen MR) is 89.8 cm³/mol. The van der Waals surface area contributed by atoms with E-state index in [2.05, 4.69) is 27.9 Å². The van der Waals surface area contributed by atoms with E-state index in [1.165, 1.54) is 0 Å². The standard InChI is InChI=1S/C17H22N4O/c1-4-21-14(3)16(12-19-21)11-18-20-17(22)13(2)10-15-8-6-5-7-9-15/h5-11,19H,4,12H2,1-3H3,(H,20,22)/b13-10+,18-11-. The Morgan fingerprint density at radius 2 is 2.14 bits per heavy atom. The van der Waals surface area contributed by atoms with Gasteiger partial charge < -0.3 is 5.01 Å². The predicted octanol–water partition coefficient (Wildman–Crippen LogP) is 2.31. The molecule has 1 aromatic rings. The van der Waals surface area contributed by atoms with E-state index < -0.39 is 0 Å². The molecule has 1 aliphatic heterocycles. The molecule has 2 N–H and O–H groups in total. The molecule has 1 aliphatic rings. The van der Waals surface area contributed by atoms with Crippen molar-refractivity contribution in [1.82, 2.24) is 15.9 Å². The fourth-order valence-corrected chi connectivity index (χ4v) is 2.21. The first-order valence-electron chi connectivity index (χ1n) is 7.39. The first-order chi connectivity index (χ1) is 10.6. The number of carbonyl (C=O) groups excluding carboxylic acids is 1. The zero-order valence-electron chi connectivity index (χ0n) is 13.3. The second-order valence-corrected chi connectivity index (χ2v) is 5.13. The number of amides is 1. The monoisotopic (exact) mass is 298 g/mol. The average Bonchev–Trinajstić information content (AvgIpc) is 2.88. The highest BCUT2D eigenvalue weighted by atomic mass is 16.2. The van der Waals surface area contributed by atoms with Crippen molar-refractivity contribution in [3.05, 3.63) is 52.7 Å². The van der Waals surface area contributed by atoms with E-state index in [0.717, 1.165) is 29.9 Å². The molecule has 1 heterocycles. The highest BCUT2D eigenvalue weighted by Gasteiger charge is 2.15. The van der Waals surface area contributed by atoms with Gasteiger partial charge in [0.2, 0.25) is 0 Å². The van der Waals surface area contributed by atoms with E-state index in [1.807, 2.05) is 43.3 Å². The maximum absolute atomic E-state index is 12.0. The minimum Gasteiger partial charge on any atom is -0.312 e. The molecule has 0 spiro atoms.